The minimum absolute atomic E-state index is 0.114. The van der Waals surface area contributed by atoms with Crippen LogP contribution in [0.1, 0.15) is 15.2 Å². The van der Waals surface area contributed by atoms with Crippen LogP contribution in [0.3, 0.4) is 0 Å². The van der Waals surface area contributed by atoms with E-state index in [1.165, 1.54) is 23.1 Å². The predicted octanol–water partition coefficient (Wildman–Crippen LogP) is 3.33. The van der Waals surface area contributed by atoms with Crippen LogP contribution in [-0.2, 0) is 0 Å². The summed E-state index contributed by atoms with van der Waals surface area (Å²) in [6, 6.07) is 6.73. The Morgan fingerprint density at radius 2 is 2.06 bits per heavy atom. The molecule has 0 fully saturated rings. The molecule has 17 heavy (non-hydrogen) atoms. The molecule has 0 aliphatic carbocycles. The third kappa shape index (κ3) is 2.62. The number of anilines is 1. The third-order valence-corrected chi connectivity index (χ3v) is 4.43. The van der Waals surface area contributed by atoms with Gasteiger partial charge in [-0.05, 0) is 30.5 Å². The molecule has 0 spiro atoms. The highest BCUT2D eigenvalue weighted by atomic mass is 35.5. The van der Waals surface area contributed by atoms with Gasteiger partial charge in [-0.3, -0.25) is 4.79 Å². The Morgan fingerprint density at radius 1 is 1.41 bits per heavy atom. The van der Waals surface area contributed by atoms with Crippen molar-refractivity contribution in [1.82, 2.24) is 4.98 Å². The number of nitrogen functional groups attached to an aromatic ring is 1. The number of thiazole rings is 1. The van der Waals surface area contributed by atoms with Crippen LogP contribution in [0.25, 0.3) is 0 Å². The van der Waals surface area contributed by atoms with Gasteiger partial charge in [0.05, 0.1) is 0 Å². The van der Waals surface area contributed by atoms with E-state index in [1.54, 1.807) is 24.3 Å². The Labute approximate surface area is 112 Å². The Kier molecular flexibility index (Phi) is 3.71. The number of halogens is 1. The number of ketones is 1. The highest BCUT2D eigenvalue weighted by Crippen LogP contribution is 2.29. The molecule has 2 N–H and O–H groups in total. The number of rotatable bonds is 3. The van der Waals surface area contributed by atoms with Gasteiger partial charge >= 0.3 is 0 Å². The molecule has 1 heterocycles. The van der Waals surface area contributed by atoms with Crippen molar-refractivity contribution in [1.29, 1.82) is 0 Å². The summed E-state index contributed by atoms with van der Waals surface area (Å²) in [7, 11) is 0. The molecule has 2 aromatic rings. The zero-order valence-electron chi connectivity index (χ0n) is 8.94. The molecule has 0 unspecified atom stereocenters. The van der Waals surface area contributed by atoms with Crippen LogP contribution in [0.4, 0.5) is 5.82 Å². The van der Waals surface area contributed by atoms with Gasteiger partial charge in [0.15, 0.2) is 4.34 Å². The maximum atomic E-state index is 12.1. The standard InChI is InChI=1S/C11H9ClN2OS2/c1-16-11-14-10(13)9(17-11)8(15)6-2-4-7(12)5-3-6/h2-5H,13H2,1H3. The summed E-state index contributed by atoms with van der Waals surface area (Å²) in [5, 5.41) is 0.601. The molecule has 2 rings (SSSR count). The number of nitrogens with two attached hydrogens (primary N) is 1. The zero-order chi connectivity index (χ0) is 12.4. The summed E-state index contributed by atoms with van der Waals surface area (Å²) in [5.74, 6) is 0.177. The molecule has 0 amide bonds. The van der Waals surface area contributed by atoms with Gasteiger partial charge in [-0.15, -0.1) is 11.3 Å². The Bertz CT molecular complexity index is 551. The molecule has 0 bridgehead atoms. The summed E-state index contributed by atoms with van der Waals surface area (Å²) in [6.45, 7) is 0. The minimum atomic E-state index is -0.114. The van der Waals surface area contributed by atoms with Crippen molar-refractivity contribution in [3.63, 3.8) is 0 Å². The highest BCUT2D eigenvalue weighted by Gasteiger charge is 2.17. The molecule has 0 atom stereocenters. The normalized spacial score (nSPS) is 10.5. The van der Waals surface area contributed by atoms with E-state index in [0.717, 1.165) is 4.34 Å². The number of hydrogen-bond acceptors (Lipinski definition) is 5. The molecule has 0 radical (unpaired) electrons. The Hall–Kier alpha value is -1.04. The number of thioether (sulfide) groups is 1. The lowest BCUT2D eigenvalue weighted by atomic mass is 10.1. The van der Waals surface area contributed by atoms with Crippen molar-refractivity contribution in [3.8, 4) is 0 Å². The summed E-state index contributed by atoms with van der Waals surface area (Å²) >= 11 is 8.56. The third-order valence-electron chi connectivity index (χ3n) is 2.12. The van der Waals surface area contributed by atoms with E-state index in [-0.39, 0.29) is 5.78 Å². The maximum Gasteiger partial charge on any atom is 0.206 e. The van der Waals surface area contributed by atoms with Crippen LogP contribution in [0.2, 0.25) is 5.02 Å². The lowest BCUT2D eigenvalue weighted by molar-refractivity contribution is 0.104. The van der Waals surface area contributed by atoms with Gasteiger partial charge in [0.1, 0.15) is 10.7 Å². The van der Waals surface area contributed by atoms with Gasteiger partial charge in [-0.1, -0.05) is 23.4 Å². The molecule has 3 nitrogen and oxygen atoms in total. The second-order valence-corrected chi connectivity index (χ2v) is 5.72. The molecule has 0 aliphatic rings. The molecule has 0 saturated heterocycles. The van der Waals surface area contributed by atoms with Gasteiger partial charge in [0.25, 0.3) is 0 Å². The van der Waals surface area contributed by atoms with Crippen LogP contribution in [-0.4, -0.2) is 17.0 Å². The number of carbonyl (C=O) groups excluding carboxylic acids is 1. The molecule has 1 aromatic carbocycles. The smallest absolute Gasteiger partial charge is 0.206 e. The van der Waals surface area contributed by atoms with Crippen molar-refractivity contribution in [3.05, 3.63) is 39.7 Å². The van der Waals surface area contributed by atoms with Gasteiger partial charge in [0, 0.05) is 10.6 Å². The summed E-state index contributed by atoms with van der Waals surface area (Å²) in [6.07, 6.45) is 1.90. The Morgan fingerprint density at radius 3 is 2.59 bits per heavy atom. The molecule has 0 aliphatic heterocycles. The van der Waals surface area contributed by atoms with E-state index >= 15 is 0 Å². The number of aromatic nitrogens is 1. The van der Waals surface area contributed by atoms with Gasteiger partial charge < -0.3 is 5.73 Å². The first-order valence-electron chi connectivity index (χ1n) is 4.72. The SMILES string of the molecule is CSc1nc(N)c(C(=O)c2ccc(Cl)cc2)s1. The molecular weight excluding hydrogens is 276 g/mol. The zero-order valence-corrected chi connectivity index (χ0v) is 11.3. The maximum absolute atomic E-state index is 12.1. The molecular formula is C11H9ClN2OS2. The van der Waals surface area contributed by atoms with Crippen molar-refractivity contribution < 1.29 is 4.79 Å². The van der Waals surface area contributed by atoms with E-state index in [4.69, 9.17) is 17.3 Å². The summed E-state index contributed by atoms with van der Waals surface area (Å²) in [5.41, 5.74) is 6.29. The van der Waals surface area contributed by atoms with Gasteiger partial charge in [-0.2, -0.15) is 0 Å². The second-order valence-electron chi connectivity index (χ2n) is 3.23. The Balaban J connectivity index is 2.36. The lowest BCUT2D eigenvalue weighted by Gasteiger charge is -1.98. The van der Waals surface area contributed by atoms with E-state index in [0.29, 0.717) is 21.3 Å². The van der Waals surface area contributed by atoms with Crippen LogP contribution >= 0.6 is 34.7 Å². The highest BCUT2D eigenvalue weighted by molar-refractivity contribution is 8.00. The fourth-order valence-electron chi connectivity index (χ4n) is 1.29. The number of carbonyl (C=O) groups is 1. The van der Waals surface area contributed by atoms with Crippen LogP contribution in [0, 0.1) is 0 Å². The van der Waals surface area contributed by atoms with Gasteiger partial charge in [-0.25, -0.2) is 4.98 Å². The second kappa shape index (κ2) is 5.08. The van der Waals surface area contributed by atoms with E-state index in [9.17, 15) is 4.79 Å². The fourth-order valence-corrected chi connectivity index (χ4v) is 2.87. The first-order chi connectivity index (χ1) is 8.11. The van der Waals surface area contributed by atoms with E-state index < -0.39 is 0 Å². The minimum Gasteiger partial charge on any atom is -0.382 e. The van der Waals surface area contributed by atoms with Crippen molar-refractivity contribution >= 4 is 46.3 Å². The predicted molar refractivity (Wildman–Crippen MR) is 73.2 cm³/mol. The average Bonchev–Trinajstić information content (AvgIpc) is 2.71. The fraction of sp³-hybridized carbons (Fsp3) is 0.0909. The van der Waals surface area contributed by atoms with Crippen molar-refractivity contribution in [2.45, 2.75) is 4.34 Å². The lowest BCUT2D eigenvalue weighted by Crippen LogP contribution is -2.02. The quantitative estimate of drug-likeness (QED) is 0.694. The average molecular weight is 285 g/mol. The van der Waals surface area contributed by atoms with E-state index in [2.05, 4.69) is 4.98 Å². The monoisotopic (exact) mass is 284 g/mol. The molecule has 0 saturated carbocycles. The number of hydrogen-bond donors (Lipinski definition) is 1. The first kappa shape index (κ1) is 12.4. The number of benzene rings is 1. The van der Waals surface area contributed by atoms with Crippen LogP contribution in [0.15, 0.2) is 28.6 Å². The summed E-state index contributed by atoms with van der Waals surface area (Å²) in [4.78, 5) is 16.7. The van der Waals surface area contributed by atoms with Crippen molar-refractivity contribution in [2.75, 3.05) is 12.0 Å². The topological polar surface area (TPSA) is 56.0 Å². The number of nitrogens with zero attached hydrogens (tertiary/aromatic N) is 1. The van der Waals surface area contributed by atoms with Crippen molar-refractivity contribution in [2.24, 2.45) is 0 Å². The van der Waals surface area contributed by atoms with Gasteiger partial charge in [0.2, 0.25) is 5.78 Å². The van der Waals surface area contributed by atoms with E-state index in [1.807, 2.05) is 6.26 Å². The first-order valence-corrected chi connectivity index (χ1v) is 7.14. The molecule has 1 aromatic heterocycles. The molecule has 6 heteroatoms. The van der Waals surface area contributed by atoms with Crippen LogP contribution in [0.5, 0.6) is 0 Å². The molecule has 88 valence electrons. The largest absolute Gasteiger partial charge is 0.382 e. The summed E-state index contributed by atoms with van der Waals surface area (Å²) < 4.78 is 0.791. The van der Waals surface area contributed by atoms with Crippen LogP contribution < -0.4 is 5.73 Å².